The van der Waals surface area contributed by atoms with Crippen LogP contribution >= 0.6 is 11.6 Å². The van der Waals surface area contributed by atoms with Crippen molar-refractivity contribution in [1.29, 1.82) is 0 Å². The molecule has 1 aromatic carbocycles. The van der Waals surface area contributed by atoms with Gasteiger partial charge in [-0.2, -0.15) is 0 Å². The molecular weight excluding hydrogens is 272 g/mol. The van der Waals surface area contributed by atoms with Crippen LogP contribution in [0.4, 0.5) is 0 Å². The van der Waals surface area contributed by atoms with E-state index in [0.29, 0.717) is 6.04 Å². The highest BCUT2D eigenvalue weighted by atomic mass is 35.5. The van der Waals surface area contributed by atoms with E-state index in [1.165, 1.54) is 12.8 Å². The van der Waals surface area contributed by atoms with Crippen LogP contribution in [-0.4, -0.2) is 18.0 Å². The molecular formula is C16H23ClN2O. The highest BCUT2D eigenvalue weighted by Gasteiger charge is 2.22. The summed E-state index contributed by atoms with van der Waals surface area (Å²) in [6, 6.07) is 7.93. The molecule has 1 aliphatic carbocycles. The first kappa shape index (κ1) is 15.3. The van der Waals surface area contributed by atoms with Crippen molar-refractivity contribution in [3.8, 4) is 0 Å². The molecule has 1 aromatic rings. The molecule has 0 radical (unpaired) electrons. The first-order valence-corrected chi connectivity index (χ1v) is 7.76. The van der Waals surface area contributed by atoms with Gasteiger partial charge in [0.2, 0.25) is 5.91 Å². The van der Waals surface area contributed by atoms with E-state index >= 15 is 0 Å². The van der Waals surface area contributed by atoms with E-state index in [0.717, 1.165) is 23.4 Å². The topological polar surface area (TPSA) is 41.1 Å². The van der Waals surface area contributed by atoms with E-state index in [1.807, 2.05) is 38.1 Å². The van der Waals surface area contributed by atoms with Crippen LogP contribution in [-0.2, 0) is 4.79 Å². The number of carbonyl (C=O) groups is 1. The lowest BCUT2D eigenvalue weighted by Gasteiger charge is -2.22. The molecule has 110 valence electrons. The zero-order chi connectivity index (χ0) is 14.5. The molecule has 2 N–H and O–H groups in total. The molecule has 1 aliphatic rings. The van der Waals surface area contributed by atoms with Gasteiger partial charge in [-0.1, -0.05) is 42.6 Å². The molecule has 1 saturated carbocycles. The van der Waals surface area contributed by atoms with Gasteiger partial charge in [-0.05, 0) is 38.3 Å². The van der Waals surface area contributed by atoms with Gasteiger partial charge in [-0.25, -0.2) is 0 Å². The number of benzene rings is 1. The van der Waals surface area contributed by atoms with Crippen molar-refractivity contribution >= 4 is 17.5 Å². The second-order valence-corrected chi connectivity index (χ2v) is 6.03. The third-order valence-corrected chi connectivity index (χ3v) is 4.31. The second kappa shape index (κ2) is 7.09. The van der Waals surface area contributed by atoms with Crippen molar-refractivity contribution in [2.45, 2.75) is 57.7 Å². The van der Waals surface area contributed by atoms with Gasteiger partial charge >= 0.3 is 0 Å². The average Bonchev–Trinajstić information content (AvgIpc) is 2.91. The predicted molar refractivity (Wildman–Crippen MR) is 82.9 cm³/mol. The molecule has 1 fully saturated rings. The van der Waals surface area contributed by atoms with Crippen LogP contribution in [0.2, 0.25) is 5.02 Å². The van der Waals surface area contributed by atoms with Crippen molar-refractivity contribution in [3.63, 3.8) is 0 Å². The first-order valence-electron chi connectivity index (χ1n) is 7.39. The monoisotopic (exact) mass is 294 g/mol. The minimum absolute atomic E-state index is 0.0491. The van der Waals surface area contributed by atoms with E-state index in [-0.39, 0.29) is 18.0 Å². The van der Waals surface area contributed by atoms with Gasteiger partial charge in [0.25, 0.3) is 0 Å². The third-order valence-electron chi connectivity index (χ3n) is 3.97. The molecule has 0 aliphatic heterocycles. The third kappa shape index (κ3) is 3.97. The number of hydrogen-bond donors (Lipinski definition) is 2. The smallest absolute Gasteiger partial charge is 0.237 e. The normalized spacial score (nSPS) is 18.8. The van der Waals surface area contributed by atoms with E-state index in [4.69, 9.17) is 11.6 Å². The van der Waals surface area contributed by atoms with Gasteiger partial charge < -0.3 is 5.32 Å². The molecule has 2 rings (SSSR count). The lowest BCUT2D eigenvalue weighted by molar-refractivity contribution is -0.123. The van der Waals surface area contributed by atoms with Crippen LogP contribution < -0.4 is 10.6 Å². The fourth-order valence-electron chi connectivity index (χ4n) is 2.76. The zero-order valence-electron chi connectivity index (χ0n) is 12.2. The summed E-state index contributed by atoms with van der Waals surface area (Å²) in [4.78, 5) is 12.1. The SMILES string of the molecule is C[C@H](N[C@@H](C)c1ccccc1Cl)C(=O)NC1CCCC1. The predicted octanol–water partition coefficient (Wildman–Crippen LogP) is 3.44. The van der Waals surface area contributed by atoms with E-state index in [2.05, 4.69) is 10.6 Å². The molecule has 4 heteroatoms. The first-order chi connectivity index (χ1) is 9.58. The summed E-state index contributed by atoms with van der Waals surface area (Å²) in [5.41, 5.74) is 1.02. The van der Waals surface area contributed by atoms with Crippen molar-refractivity contribution < 1.29 is 4.79 Å². The van der Waals surface area contributed by atoms with Crippen molar-refractivity contribution in [3.05, 3.63) is 34.9 Å². The van der Waals surface area contributed by atoms with Gasteiger partial charge in [-0.15, -0.1) is 0 Å². The Kier molecular flexibility index (Phi) is 5.44. The van der Waals surface area contributed by atoms with E-state index in [9.17, 15) is 4.79 Å². The summed E-state index contributed by atoms with van der Waals surface area (Å²) >= 11 is 6.18. The summed E-state index contributed by atoms with van der Waals surface area (Å²) in [6.07, 6.45) is 4.67. The summed E-state index contributed by atoms with van der Waals surface area (Å²) < 4.78 is 0. The largest absolute Gasteiger partial charge is 0.352 e. The fourth-order valence-corrected chi connectivity index (χ4v) is 3.06. The van der Waals surface area contributed by atoms with Gasteiger partial charge in [-0.3, -0.25) is 10.1 Å². The molecule has 0 spiro atoms. The number of nitrogens with one attached hydrogen (secondary N) is 2. The van der Waals surface area contributed by atoms with Gasteiger partial charge in [0.15, 0.2) is 0 Å². The summed E-state index contributed by atoms with van der Waals surface area (Å²) in [5, 5.41) is 7.16. The lowest BCUT2D eigenvalue weighted by atomic mass is 10.1. The van der Waals surface area contributed by atoms with Crippen LogP contribution in [0.25, 0.3) is 0 Å². The zero-order valence-corrected chi connectivity index (χ0v) is 12.9. The Morgan fingerprint density at radius 2 is 1.90 bits per heavy atom. The highest BCUT2D eigenvalue weighted by molar-refractivity contribution is 6.31. The molecule has 0 aromatic heterocycles. The Bertz CT molecular complexity index is 458. The highest BCUT2D eigenvalue weighted by Crippen LogP contribution is 2.22. The Labute approximate surface area is 126 Å². The fraction of sp³-hybridized carbons (Fsp3) is 0.562. The average molecular weight is 295 g/mol. The maximum Gasteiger partial charge on any atom is 0.237 e. The summed E-state index contributed by atoms with van der Waals surface area (Å²) in [6.45, 7) is 3.93. The van der Waals surface area contributed by atoms with Crippen LogP contribution in [0.1, 0.15) is 51.1 Å². The molecule has 2 atom stereocenters. The van der Waals surface area contributed by atoms with Gasteiger partial charge in [0.05, 0.1) is 6.04 Å². The summed E-state index contributed by atoms with van der Waals surface area (Å²) in [5.74, 6) is 0.0794. The number of rotatable bonds is 5. The number of carbonyl (C=O) groups excluding carboxylic acids is 1. The Morgan fingerprint density at radius 3 is 2.55 bits per heavy atom. The van der Waals surface area contributed by atoms with Crippen molar-refractivity contribution in [2.24, 2.45) is 0 Å². The molecule has 0 saturated heterocycles. The maximum absolute atomic E-state index is 12.1. The Hall–Kier alpha value is -1.06. The molecule has 20 heavy (non-hydrogen) atoms. The standard InChI is InChI=1S/C16H23ClN2O/c1-11(14-9-5-6-10-15(14)17)18-12(2)16(20)19-13-7-3-4-8-13/h5-6,9-13,18H,3-4,7-8H2,1-2H3,(H,19,20)/t11-,12-/m0/s1. The number of hydrogen-bond acceptors (Lipinski definition) is 2. The van der Waals surface area contributed by atoms with Crippen LogP contribution in [0.3, 0.4) is 0 Å². The van der Waals surface area contributed by atoms with Gasteiger partial charge in [0, 0.05) is 17.1 Å². The molecule has 3 nitrogen and oxygen atoms in total. The van der Waals surface area contributed by atoms with Crippen LogP contribution in [0.5, 0.6) is 0 Å². The van der Waals surface area contributed by atoms with Crippen molar-refractivity contribution in [2.75, 3.05) is 0 Å². The van der Waals surface area contributed by atoms with E-state index < -0.39 is 0 Å². The van der Waals surface area contributed by atoms with Gasteiger partial charge in [0.1, 0.15) is 0 Å². The number of amides is 1. The lowest BCUT2D eigenvalue weighted by Crippen LogP contribution is -2.46. The van der Waals surface area contributed by atoms with Crippen LogP contribution in [0.15, 0.2) is 24.3 Å². The van der Waals surface area contributed by atoms with E-state index in [1.54, 1.807) is 0 Å². The minimum atomic E-state index is -0.220. The Morgan fingerprint density at radius 1 is 1.25 bits per heavy atom. The van der Waals surface area contributed by atoms with Crippen molar-refractivity contribution in [1.82, 2.24) is 10.6 Å². The Balaban J connectivity index is 1.88. The second-order valence-electron chi connectivity index (χ2n) is 5.62. The molecule has 0 unspecified atom stereocenters. The summed E-state index contributed by atoms with van der Waals surface area (Å²) in [7, 11) is 0. The molecule has 1 amide bonds. The molecule has 0 bridgehead atoms. The number of halogens is 1. The molecule has 0 heterocycles. The van der Waals surface area contributed by atoms with Crippen LogP contribution in [0, 0.1) is 0 Å². The minimum Gasteiger partial charge on any atom is -0.352 e. The quantitative estimate of drug-likeness (QED) is 0.873. The maximum atomic E-state index is 12.1.